The van der Waals surface area contributed by atoms with Crippen LogP contribution < -0.4 is 0 Å². The number of carbonyl (C=O) groups excluding carboxylic acids is 2. The Kier molecular flexibility index (Phi) is 9.18. The van der Waals surface area contributed by atoms with Gasteiger partial charge in [-0.15, -0.1) is 11.8 Å². The number of nitrogens with zero attached hydrogens (tertiary/aromatic N) is 1. The van der Waals surface area contributed by atoms with Gasteiger partial charge in [-0.1, -0.05) is 50.8 Å². The fourth-order valence-corrected chi connectivity index (χ4v) is 4.18. The summed E-state index contributed by atoms with van der Waals surface area (Å²) < 4.78 is 4.74. The molecule has 0 bridgehead atoms. The Morgan fingerprint density at radius 2 is 1.95 bits per heavy atom. The van der Waals surface area contributed by atoms with E-state index in [-0.39, 0.29) is 11.2 Å². The molecule has 1 fully saturated rings. The number of methoxy groups -OCH3 is 1. The third kappa shape index (κ3) is 5.95. The zero-order chi connectivity index (χ0) is 14.8. The molecule has 0 saturated carbocycles. The van der Waals surface area contributed by atoms with Gasteiger partial charge in [-0.25, -0.2) is 4.79 Å². The van der Waals surface area contributed by atoms with Crippen molar-refractivity contribution in [3.05, 3.63) is 0 Å². The van der Waals surface area contributed by atoms with E-state index in [1.165, 1.54) is 51.0 Å². The first kappa shape index (κ1) is 17.7. The summed E-state index contributed by atoms with van der Waals surface area (Å²) in [5, 5.41) is 0.0129. The van der Waals surface area contributed by atoms with Crippen molar-refractivity contribution in [2.75, 3.05) is 24.5 Å². The van der Waals surface area contributed by atoms with E-state index in [0.29, 0.717) is 11.6 Å². The predicted octanol–water partition coefficient (Wildman–Crippen LogP) is 3.75. The maximum atomic E-state index is 12.1. The molecule has 0 N–H and O–H groups in total. The molecule has 0 aromatic heterocycles. The highest BCUT2D eigenvalue weighted by atomic mass is 32.2. The quantitative estimate of drug-likeness (QED) is 0.504. The van der Waals surface area contributed by atoms with Gasteiger partial charge in [0.25, 0.3) is 5.24 Å². The molecule has 1 rings (SSSR count). The molecule has 1 saturated heterocycles. The summed E-state index contributed by atoms with van der Waals surface area (Å²) in [6.45, 7) is 2.21. The van der Waals surface area contributed by atoms with Crippen molar-refractivity contribution >= 4 is 34.7 Å². The van der Waals surface area contributed by atoms with Crippen molar-refractivity contribution in [3.63, 3.8) is 0 Å². The minimum atomic E-state index is -0.394. The topological polar surface area (TPSA) is 46.6 Å². The monoisotopic (exact) mass is 319 g/mol. The van der Waals surface area contributed by atoms with Gasteiger partial charge < -0.3 is 9.64 Å². The van der Waals surface area contributed by atoms with Crippen LogP contribution in [0.25, 0.3) is 0 Å². The molecule has 1 atom stereocenters. The van der Waals surface area contributed by atoms with Gasteiger partial charge in [0.15, 0.2) is 0 Å². The van der Waals surface area contributed by atoms with Crippen LogP contribution in [0.4, 0.5) is 4.79 Å². The Morgan fingerprint density at radius 1 is 1.25 bits per heavy atom. The molecule has 116 valence electrons. The smallest absolute Gasteiger partial charge is 0.329 e. The first-order chi connectivity index (χ1) is 9.70. The van der Waals surface area contributed by atoms with E-state index < -0.39 is 6.04 Å². The van der Waals surface area contributed by atoms with E-state index in [4.69, 9.17) is 4.74 Å². The molecule has 0 spiro atoms. The van der Waals surface area contributed by atoms with E-state index in [1.54, 1.807) is 16.7 Å². The Morgan fingerprint density at radius 3 is 2.65 bits per heavy atom. The fourth-order valence-electron chi connectivity index (χ4n) is 2.08. The predicted molar refractivity (Wildman–Crippen MR) is 86.2 cm³/mol. The molecule has 1 amide bonds. The van der Waals surface area contributed by atoms with Gasteiger partial charge in [0.2, 0.25) is 0 Å². The molecular weight excluding hydrogens is 294 g/mol. The zero-order valence-corrected chi connectivity index (χ0v) is 14.1. The minimum absolute atomic E-state index is 0.0129. The maximum absolute atomic E-state index is 12.1. The van der Waals surface area contributed by atoms with Crippen molar-refractivity contribution < 1.29 is 14.3 Å². The lowest BCUT2D eigenvalue weighted by atomic mass is 10.1. The second-order valence-corrected chi connectivity index (χ2v) is 6.94. The summed E-state index contributed by atoms with van der Waals surface area (Å²) >= 11 is 2.94. The molecule has 0 radical (unpaired) electrons. The number of hydrogen-bond acceptors (Lipinski definition) is 5. The van der Waals surface area contributed by atoms with Gasteiger partial charge in [0.05, 0.1) is 13.0 Å². The van der Waals surface area contributed by atoms with Crippen LogP contribution in [-0.2, 0) is 9.53 Å². The third-order valence-electron chi connectivity index (χ3n) is 3.31. The highest BCUT2D eigenvalue weighted by Gasteiger charge is 2.35. The molecule has 0 aromatic carbocycles. The van der Waals surface area contributed by atoms with E-state index >= 15 is 0 Å². The number of rotatable bonds is 8. The molecule has 0 unspecified atom stereocenters. The first-order valence-corrected chi connectivity index (χ1v) is 9.43. The van der Waals surface area contributed by atoms with Gasteiger partial charge in [-0.05, 0) is 6.42 Å². The van der Waals surface area contributed by atoms with Crippen LogP contribution in [0.5, 0.6) is 0 Å². The number of carbonyl (C=O) groups is 2. The summed E-state index contributed by atoms with van der Waals surface area (Å²) in [6, 6.07) is -0.394. The molecular formula is C14H25NO3S2. The summed E-state index contributed by atoms with van der Waals surface area (Å²) in [7, 11) is 1.37. The van der Waals surface area contributed by atoms with Crippen molar-refractivity contribution in [2.45, 2.75) is 51.5 Å². The molecule has 6 heteroatoms. The third-order valence-corrected chi connectivity index (χ3v) is 5.30. The molecule has 1 heterocycles. The largest absolute Gasteiger partial charge is 0.467 e. The molecule has 1 aliphatic heterocycles. The van der Waals surface area contributed by atoms with Gasteiger partial charge in [-0.2, -0.15) is 0 Å². The number of unbranched alkanes of at least 4 members (excludes halogenated alkanes) is 5. The second-order valence-electron chi connectivity index (χ2n) is 4.89. The van der Waals surface area contributed by atoms with Gasteiger partial charge in [-0.3, -0.25) is 4.79 Å². The molecule has 1 aliphatic rings. The highest BCUT2D eigenvalue weighted by molar-refractivity contribution is 8.13. The molecule has 0 aliphatic carbocycles. The second kappa shape index (κ2) is 10.4. The highest BCUT2D eigenvalue weighted by Crippen LogP contribution is 2.26. The lowest BCUT2D eigenvalue weighted by Crippen LogP contribution is -2.40. The number of esters is 1. The van der Waals surface area contributed by atoms with E-state index in [0.717, 1.165) is 12.2 Å². The number of ether oxygens (including phenoxy) is 1. The summed E-state index contributed by atoms with van der Waals surface area (Å²) in [4.78, 5) is 25.3. The number of hydrogen-bond donors (Lipinski definition) is 0. The molecule has 0 aromatic rings. The maximum Gasteiger partial charge on any atom is 0.329 e. The SMILES string of the molecule is CCCCCCCCSC(=O)N1CSC[C@H]1C(=O)OC. The van der Waals surface area contributed by atoms with Crippen LogP contribution in [0.1, 0.15) is 45.4 Å². The van der Waals surface area contributed by atoms with Crippen LogP contribution in [0.15, 0.2) is 0 Å². The molecule has 20 heavy (non-hydrogen) atoms. The normalized spacial score (nSPS) is 18.3. The van der Waals surface area contributed by atoms with Crippen LogP contribution in [0, 0.1) is 0 Å². The minimum Gasteiger partial charge on any atom is -0.467 e. The van der Waals surface area contributed by atoms with E-state index in [2.05, 4.69) is 6.92 Å². The standard InChI is InChI=1S/C14H25NO3S2/c1-3-4-5-6-7-8-9-20-14(17)15-11-19-10-12(15)13(16)18-2/h12H,3-11H2,1-2H3/t12-/m0/s1. The van der Waals surface area contributed by atoms with Gasteiger partial charge in [0.1, 0.15) is 6.04 Å². The average Bonchev–Trinajstić information content (AvgIpc) is 2.94. The van der Waals surface area contributed by atoms with E-state index in [1.807, 2.05) is 0 Å². The molecule has 4 nitrogen and oxygen atoms in total. The summed E-state index contributed by atoms with van der Waals surface area (Å²) in [5.41, 5.74) is 0. The van der Waals surface area contributed by atoms with E-state index in [9.17, 15) is 9.59 Å². The number of amides is 1. The zero-order valence-electron chi connectivity index (χ0n) is 12.4. The van der Waals surface area contributed by atoms with Gasteiger partial charge >= 0.3 is 5.97 Å². The van der Waals surface area contributed by atoms with Crippen LogP contribution >= 0.6 is 23.5 Å². The summed E-state index contributed by atoms with van der Waals surface area (Å²) in [6.07, 6.45) is 7.38. The first-order valence-electron chi connectivity index (χ1n) is 7.29. The average molecular weight is 319 g/mol. The van der Waals surface area contributed by atoms with Crippen LogP contribution in [0.2, 0.25) is 0 Å². The lowest BCUT2D eigenvalue weighted by Gasteiger charge is -2.20. The fraction of sp³-hybridized carbons (Fsp3) is 0.857. The number of thioether (sulfide) groups is 2. The Bertz CT molecular complexity index is 313. The lowest BCUT2D eigenvalue weighted by molar-refractivity contribution is -0.144. The van der Waals surface area contributed by atoms with Gasteiger partial charge in [0, 0.05) is 11.5 Å². The van der Waals surface area contributed by atoms with Crippen molar-refractivity contribution in [2.24, 2.45) is 0 Å². The Balaban J connectivity index is 2.17. The summed E-state index contributed by atoms with van der Waals surface area (Å²) in [5.74, 6) is 1.79. The van der Waals surface area contributed by atoms with Crippen molar-refractivity contribution in [3.8, 4) is 0 Å². The van der Waals surface area contributed by atoms with Crippen molar-refractivity contribution in [1.82, 2.24) is 4.90 Å². The van der Waals surface area contributed by atoms with Crippen LogP contribution in [-0.4, -0.2) is 46.6 Å². The van der Waals surface area contributed by atoms with Crippen molar-refractivity contribution in [1.29, 1.82) is 0 Å². The van der Waals surface area contributed by atoms with Crippen LogP contribution in [0.3, 0.4) is 0 Å². The Labute approximate surface area is 130 Å². The Hall–Kier alpha value is -0.360.